The predicted octanol–water partition coefficient (Wildman–Crippen LogP) is 1.29. The van der Waals surface area contributed by atoms with Gasteiger partial charge in [-0.15, -0.1) is 0 Å². The minimum absolute atomic E-state index is 1.17. The molecule has 0 aromatic carbocycles. The van der Waals surface area contributed by atoms with E-state index in [4.69, 9.17) is 0 Å². The highest BCUT2D eigenvalue weighted by Crippen LogP contribution is 2.39. The first-order valence-corrected chi connectivity index (χ1v) is 2.29. The molecule has 0 aromatic heterocycles. The third kappa shape index (κ3) is 0.891. The van der Waals surface area contributed by atoms with Crippen molar-refractivity contribution in [1.82, 2.24) is 0 Å². The molecule has 0 atom stereocenters. The summed E-state index contributed by atoms with van der Waals surface area (Å²) < 4.78 is 51.3. The maximum atomic E-state index is 11.8. The van der Waals surface area contributed by atoms with E-state index in [0.29, 0.717) is 0 Å². The van der Waals surface area contributed by atoms with Gasteiger partial charge < -0.3 is 4.74 Å². The minimum atomic E-state index is -3.97. The Morgan fingerprint density at radius 1 is 0.889 bits per heavy atom. The van der Waals surface area contributed by atoms with Gasteiger partial charge in [0.25, 0.3) is 0 Å². The quantitative estimate of drug-likeness (QED) is 0.465. The first kappa shape index (κ1) is 6.80. The normalized spacial score (nSPS) is 30.7. The molecule has 0 radical (unpaired) electrons. The van der Waals surface area contributed by atoms with E-state index in [2.05, 4.69) is 4.74 Å². The fourth-order valence-electron chi connectivity index (χ4n) is 0.519. The topological polar surface area (TPSA) is 9.23 Å². The van der Waals surface area contributed by atoms with Crippen molar-refractivity contribution in [2.24, 2.45) is 0 Å². The Bertz CT molecular complexity index is 108. The van der Waals surface area contributed by atoms with Gasteiger partial charge in [0.2, 0.25) is 0 Å². The maximum absolute atomic E-state index is 11.8. The predicted molar refractivity (Wildman–Crippen MR) is 20.7 cm³/mol. The highest BCUT2D eigenvalue weighted by molar-refractivity contribution is 4.89. The second-order valence-corrected chi connectivity index (χ2v) is 1.90. The van der Waals surface area contributed by atoms with Crippen LogP contribution in [0.15, 0.2) is 0 Å². The van der Waals surface area contributed by atoms with Crippen LogP contribution in [-0.4, -0.2) is 25.1 Å². The van der Waals surface area contributed by atoms with Crippen LogP contribution in [0.1, 0.15) is 0 Å². The van der Waals surface area contributed by atoms with Crippen molar-refractivity contribution >= 4 is 0 Å². The summed E-state index contributed by atoms with van der Waals surface area (Å²) in [6.07, 6.45) is 0. The van der Waals surface area contributed by atoms with E-state index < -0.39 is 25.1 Å². The van der Waals surface area contributed by atoms with Crippen molar-refractivity contribution < 1.29 is 22.3 Å². The van der Waals surface area contributed by atoms with Crippen LogP contribution in [0, 0.1) is 0 Å². The summed E-state index contributed by atoms with van der Waals surface area (Å²) in [7, 11) is 0. The van der Waals surface area contributed by atoms with Crippen LogP contribution in [0.5, 0.6) is 0 Å². The molecule has 1 heterocycles. The summed E-state index contributed by atoms with van der Waals surface area (Å²) >= 11 is 0. The average Bonchev–Trinajstić information content (AvgIpc) is 1.81. The van der Waals surface area contributed by atoms with Gasteiger partial charge in [0, 0.05) is 0 Å². The molecule has 0 N–H and O–H groups in total. The SMILES string of the molecule is FC1(F)COCC1(F)F. The smallest absolute Gasteiger partial charge is 0.335 e. The summed E-state index contributed by atoms with van der Waals surface area (Å²) in [6.45, 7) is -2.33. The van der Waals surface area contributed by atoms with Gasteiger partial charge in [-0.25, -0.2) is 0 Å². The first-order chi connectivity index (χ1) is 3.96. The van der Waals surface area contributed by atoms with Crippen LogP contribution in [0.4, 0.5) is 17.6 Å². The maximum Gasteiger partial charge on any atom is 0.335 e. The Hall–Kier alpha value is -0.320. The van der Waals surface area contributed by atoms with Crippen LogP contribution in [0.25, 0.3) is 0 Å². The third-order valence-electron chi connectivity index (χ3n) is 1.10. The lowest BCUT2D eigenvalue weighted by Gasteiger charge is -2.14. The van der Waals surface area contributed by atoms with Gasteiger partial charge in [-0.3, -0.25) is 0 Å². The van der Waals surface area contributed by atoms with Crippen molar-refractivity contribution in [2.45, 2.75) is 11.8 Å². The summed E-state index contributed by atoms with van der Waals surface area (Å²) in [5, 5.41) is 0. The van der Waals surface area contributed by atoms with Crippen molar-refractivity contribution in [3.05, 3.63) is 0 Å². The molecule has 0 spiro atoms. The minimum Gasteiger partial charge on any atom is -0.368 e. The second kappa shape index (κ2) is 1.59. The number of alkyl halides is 4. The van der Waals surface area contributed by atoms with E-state index in [0.717, 1.165) is 0 Å². The van der Waals surface area contributed by atoms with Crippen molar-refractivity contribution in [2.75, 3.05) is 13.2 Å². The van der Waals surface area contributed by atoms with Crippen LogP contribution in [0.3, 0.4) is 0 Å². The van der Waals surface area contributed by atoms with Crippen LogP contribution in [-0.2, 0) is 4.74 Å². The fraction of sp³-hybridized carbons (Fsp3) is 1.00. The third-order valence-corrected chi connectivity index (χ3v) is 1.10. The highest BCUT2D eigenvalue weighted by Gasteiger charge is 2.61. The molecule has 1 nitrogen and oxygen atoms in total. The zero-order valence-corrected chi connectivity index (χ0v) is 4.33. The summed E-state index contributed by atoms with van der Waals surface area (Å²) in [5.74, 6) is -7.93. The second-order valence-electron chi connectivity index (χ2n) is 1.90. The van der Waals surface area contributed by atoms with Gasteiger partial charge in [-0.2, -0.15) is 17.6 Å². The van der Waals surface area contributed by atoms with E-state index in [1.165, 1.54) is 0 Å². The fourth-order valence-corrected chi connectivity index (χ4v) is 0.519. The molecule has 1 rings (SSSR count). The molecule has 0 aliphatic carbocycles. The average molecular weight is 144 g/mol. The molecule has 5 heteroatoms. The highest BCUT2D eigenvalue weighted by atomic mass is 19.3. The van der Waals surface area contributed by atoms with E-state index in [1.807, 2.05) is 0 Å². The molecule has 0 amide bonds. The van der Waals surface area contributed by atoms with Crippen molar-refractivity contribution in [3.63, 3.8) is 0 Å². The van der Waals surface area contributed by atoms with Gasteiger partial charge in [-0.05, 0) is 0 Å². The van der Waals surface area contributed by atoms with E-state index in [9.17, 15) is 17.6 Å². The molecule has 0 aromatic rings. The van der Waals surface area contributed by atoms with Crippen LogP contribution >= 0.6 is 0 Å². The first-order valence-electron chi connectivity index (χ1n) is 2.29. The number of halogens is 4. The van der Waals surface area contributed by atoms with Gasteiger partial charge in [0.15, 0.2) is 0 Å². The largest absolute Gasteiger partial charge is 0.368 e. The van der Waals surface area contributed by atoms with E-state index in [1.54, 1.807) is 0 Å². The standard InChI is InChI=1S/C4H4F4O/c5-3(6)1-9-2-4(3,7)8/h1-2H2. The molecule has 1 saturated heterocycles. The van der Waals surface area contributed by atoms with Crippen molar-refractivity contribution in [1.29, 1.82) is 0 Å². The number of hydrogen-bond acceptors (Lipinski definition) is 1. The van der Waals surface area contributed by atoms with Crippen LogP contribution < -0.4 is 0 Å². The number of rotatable bonds is 0. The Balaban J connectivity index is 2.75. The van der Waals surface area contributed by atoms with Gasteiger partial charge in [0.1, 0.15) is 13.2 Å². The monoisotopic (exact) mass is 144 g/mol. The number of ether oxygens (including phenoxy) is 1. The molecule has 9 heavy (non-hydrogen) atoms. The van der Waals surface area contributed by atoms with Gasteiger partial charge >= 0.3 is 11.8 Å². The lowest BCUT2D eigenvalue weighted by molar-refractivity contribution is -0.172. The Morgan fingerprint density at radius 3 is 1.33 bits per heavy atom. The molecule has 1 aliphatic heterocycles. The molecule has 54 valence electrons. The lowest BCUT2D eigenvalue weighted by atomic mass is 10.2. The van der Waals surface area contributed by atoms with Gasteiger partial charge in [-0.1, -0.05) is 0 Å². The van der Waals surface area contributed by atoms with Crippen molar-refractivity contribution in [3.8, 4) is 0 Å². The van der Waals surface area contributed by atoms with E-state index in [-0.39, 0.29) is 0 Å². The zero-order valence-electron chi connectivity index (χ0n) is 4.33. The Morgan fingerprint density at radius 2 is 1.22 bits per heavy atom. The summed E-state index contributed by atoms with van der Waals surface area (Å²) in [4.78, 5) is 0. The lowest BCUT2D eigenvalue weighted by Crippen LogP contribution is -2.38. The molecule has 1 aliphatic rings. The number of hydrogen-bond donors (Lipinski definition) is 0. The molecular weight excluding hydrogens is 140 g/mol. The summed E-state index contributed by atoms with van der Waals surface area (Å²) in [6, 6.07) is 0. The molecule has 0 bridgehead atoms. The Labute approximate surface area is 48.6 Å². The summed E-state index contributed by atoms with van der Waals surface area (Å²) in [5.41, 5.74) is 0. The zero-order chi connectivity index (χ0) is 7.12. The molecule has 1 fully saturated rings. The molecule has 0 unspecified atom stereocenters. The molecular formula is C4H4F4O. The molecule has 0 saturated carbocycles. The Kier molecular flexibility index (Phi) is 1.20. The van der Waals surface area contributed by atoms with Gasteiger partial charge in [0.05, 0.1) is 0 Å². The van der Waals surface area contributed by atoms with E-state index >= 15 is 0 Å². The van der Waals surface area contributed by atoms with Crippen LogP contribution in [0.2, 0.25) is 0 Å².